The maximum absolute atomic E-state index is 11.6. The number of primary amides is 1. The van der Waals surface area contributed by atoms with Gasteiger partial charge in [0.25, 0.3) is 0 Å². The molecule has 1 unspecified atom stereocenters. The molecular weight excluding hydrogens is 244 g/mol. The number of carbonyl (C=O) groups is 1. The Labute approximate surface area is 112 Å². The smallest absolute Gasteiger partial charge is 0.239 e. The third-order valence-electron chi connectivity index (χ3n) is 3.37. The SMILES string of the molecule is NC(=O)C(NC1CC1)c1ccc2c(c1)OCCCO2. The average Bonchev–Trinajstić information content (AvgIpc) is 3.21. The summed E-state index contributed by atoms with van der Waals surface area (Å²) in [5, 5.41) is 3.26. The Kier molecular flexibility index (Phi) is 3.29. The Morgan fingerprint density at radius 3 is 2.68 bits per heavy atom. The number of hydrogen-bond acceptors (Lipinski definition) is 4. The molecule has 0 aromatic heterocycles. The molecule has 1 aromatic rings. The van der Waals surface area contributed by atoms with Crippen LogP contribution in [0.25, 0.3) is 0 Å². The molecule has 5 nitrogen and oxygen atoms in total. The van der Waals surface area contributed by atoms with Crippen LogP contribution in [0.3, 0.4) is 0 Å². The van der Waals surface area contributed by atoms with Crippen molar-refractivity contribution in [2.75, 3.05) is 13.2 Å². The predicted octanol–water partition coefficient (Wildman–Crippen LogP) is 1.13. The molecule has 2 aliphatic rings. The van der Waals surface area contributed by atoms with E-state index in [9.17, 15) is 4.79 Å². The predicted molar refractivity (Wildman–Crippen MR) is 70.1 cm³/mol. The zero-order valence-electron chi connectivity index (χ0n) is 10.7. The molecule has 5 heteroatoms. The van der Waals surface area contributed by atoms with Crippen molar-refractivity contribution in [3.05, 3.63) is 23.8 Å². The van der Waals surface area contributed by atoms with Gasteiger partial charge in [-0.3, -0.25) is 10.1 Å². The van der Waals surface area contributed by atoms with Crippen molar-refractivity contribution in [3.8, 4) is 11.5 Å². The first kappa shape index (κ1) is 12.3. The van der Waals surface area contributed by atoms with Crippen LogP contribution in [-0.4, -0.2) is 25.2 Å². The molecule has 0 bridgehead atoms. The number of benzene rings is 1. The first-order chi connectivity index (χ1) is 9.24. The first-order valence-electron chi connectivity index (χ1n) is 6.69. The van der Waals surface area contributed by atoms with E-state index in [2.05, 4.69) is 5.32 Å². The minimum absolute atomic E-state index is 0.360. The van der Waals surface area contributed by atoms with Gasteiger partial charge in [-0.15, -0.1) is 0 Å². The van der Waals surface area contributed by atoms with Crippen LogP contribution in [0.2, 0.25) is 0 Å². The van der Waals surface area contributed by atoms with Gasteiger partial charge in [0.15, 0.2) is 11.5 Å². The molecule has 1 saturated carbocycles. The van der Waals surface area contributed by atoms with Crippen LogP contribution < -0.4 is 20.5 Å². The molecule has 1 aliphatic heterocycles. The second-order valence-electron chi connectivity index (χ2n) is 5.03. The van der Waals surface area contributed by atoms with E-state index in [0.29, 0.717) is 25.0 Å². The highest BCUT2D eigenvalue weighted by Crippen LogP contribution is 2.33. The number of ether oxygens (including phenoxy) is 2. The lowest BCUT2D eigenvalue weighted by atomic mass is 10.1. The monoisotopic (exact) mass is 262 g/mol. The Hall–Kier alpha value is -1.75. The highest BCUT2D eigenvalue weighted by Gasteiger charge is 2.29. The fourth-order valence-corrected chi connectivity index (χ4v) is 2.19. The molecule has 0 radical (unpaired) electrons. The van der Waals surface area contributed by atoms with Gasteiger partial charge >= 0.3 is 0 Å². The van der Waals surface area contributed by atoms with E-state index in [-0.39, 0.29) is 5.91 Å². The number of hydrogen-bond donors (Lipinski definition) is 2. The Morgan fingerprint density at radius 2 is 2.00 bits per heavy atom. The summed E-state index contributed by atoms with van der Waals surface area (Å²) in [4.78, 5) is 11.6. The summed E-state index contributed by atoms with van der Waals surface area (Å²) in [5.74, 6) is 1.07. The fourth-order valence-electron chi connectivity index (χ4n) is 2.19. The summed E-state index contributed by atoms with van der Waals surface area (Å²) >= 11 is 0. The van der Waals surface area contributed by atoms with Gasteiger partial charge in [-0.2, -0.15) is 0 Å². The third kappa shape index (κ3) is 2.81. The van der Waals surface area contributed by atoms with Crippen molar-refractivity contribution in [3.63, 3.8) is 0 Å². The fraction of sp³-hybridized carbons (Fsp3) is 0.500. The molecule has 1 aliphatic carbocycles. The van der Waals surface area contributed by atoms with E-state index >= 15 is 0 Å². The maximum atomic E-state index is 11.6. The first-order valence-corrected chi connectivity index (χ1v) is 6.69. The van der Waals surface area contributed by atoms with E-state index in [1.165, 1.54) is 0 Å². The van der Waals surface area contributed by atoms with Crippen LogP contribution >= 0.6 is 0 Å². The van der Waals surface area contributed by atoms with E-state index in [0.717, 1.165) is 30.6 Å². The summed E-state index contributed by atoms with van der Waals surface area (Å²) < 4.78 is 11.2. The minimum Gasteiger partial charge on any atom is -0.490 e. The molecule has 1 aromatic carbocycles. The standard InChI is InChI=1S/C14H18N2O3/c15-14(17)13(16-10-3-4-10)9-2-5-11-12(8-9)19-7-1-6-18-11/h2,5,8,10,13,16H,1,3-4,6-7H2,(H2,15,17). The van der Waals surface area contributed by atoms with Crippen molar-refractivity contribution >= 4 is 5.91 Å². The van der Waals surface area contributed by atoms with Crippen molar-refractivity contribution in [1.82, 2.24) is 5.32 Å². The summed E-state index contributed by atoms with van der Waals surface area (Å²) in [6, 6.07) is 5.53. The minimum atomic E-state index is -0.454. The molecule has 1 heterocycles. The van der Waals surface area contributed by atoms with Gasteiger partial charge in [0.1, 0.15) is 6.04 Å². The second kappa shape index (κ2) is 5.09. The number of nitrogens with one attached hydrogen (secondary N) is 1. The van der Waals surface area contributed by atoms with Crippen molar-refractivity contribution < 1.29 is 14.3 Å². The largest absolute Gasteiger partial charge is 0.490 e. The van der Waals surface area contributed by atoms with E-state index < -0.39 is 6.04 Å². The summed E-state index contributed by atoms with van der Waals surface area (Å²) in [5.41, 5.74) is 6.31. The average molecular weight is 262 g/mol. The van der Waals surface area contributed by atoms with E-state index in [1.54, 1.807) is 0 Å². The number of fused-ring (bicyclic) bond motifs is 1. The lowest BCUT2D eigenvalue weighted by Gasteiger charge is -2.17. The Balaban J connectivity index is 1.85. The molecule has 102 valence electrons. The number of nitrogens with two attached hydrogens (primary N) is 1. The highest BCUT2D eigenvalue weighted by molar-refractivity contribution is 5.81. The number of carbonyl (C=O) groups excluding carboxylic acids is 1. The van der Waals surface area contributed by atoms with Gasteiger partial charge in [0, 0.05) is 12.5 Å². The van der Waals surface area contributed by atoms with Crippen LogP contribution in [0.4, 0.5) is 0 Å². The van der Waals surface area contributed by atoms with Gasteiger partial charge in [-0.1, -0.05) is 6.07 Å². The van der Waals surface area contributed by atoms with E-state index in [1.807, 2.05) is 18.2 Å². The third-order valence-corrected chi connectivity index (χ3v) is 3.37. The quantitative estimate of drug-likeness (QED) is 0.853. The molecule has 0 spiro atoms. The van der Waals surface area contributed by atoms with Crippen LogP contribution in [0.5, 0.6) is 11.5 Å². The molecule has 1 atom stereocenters. The lowest BCUT2D eigenvalue weighted by Crippen LogP contribution is -2.34. The highest BCUT2D eigenvalue weighted by atomic mass is 16.5. The van der Waals surface area contributed by atoms with Crippen LogP contribution in [0.1, 0.15) is 30.9 Å². The topological polar surface area (TPSA) is 73.6 Å². The van der Waals surface area contributed by atoms with Crippen LogP contribution in [0.15, 0.2) is 18.2 Å². The molecule has 1 fully saturated rings. The van der Waals surface area contributed by atoms with Crippen molar-refractivity contribution in [2.24, 2.45) is 5.73 Å². The van der Waals surface area contributed by atoms with Crippen molar-refractivity contribution in [1.29, 1.82) is 0 Å². The molecular formula is C14H18N2O3. The Morgan fingerprint density at radius 1 is 1.26 bits per heavy atom. The summed E-state index contributed by atoms with van der Waals surface area (Å²) in [6.45, 7) is 1.29. The Bertz CT molecular complexity index is 486. The molecule has 3 N–H and O–H groups in total. The normalized spacial score (nSPS) is 19.6. The van der Waals surface area contributed by atoms with Gasteiger partial charge in [0.2, 0.25) is 5.91 Å². The molecule has 3 rings (SSSR count). The molecule has 1 amide bonds. The van der Waals surface area contributed by atoms with Crippen molar-refractivity contribution in [2.45, 2.75) is 31.3 Å². The van der Waals surface area contributed by atoms with Gasteiger partial charge < -0.3 is 15.2 Å². The van der Waals surface area contributed by atoms with Gasteiger partial charge in [-0.25, -0.2) is 0 Å². The maximum Gasteiger partial charge on any atom is 0.239 e. The number of rotatable bonds is 4. The van der Waals surface area contributed by atoms with Gasteiger partial charge in [0.05, 0.1) is 13.2 Å². The zero-order chi connectivity index (χ0) is 13.2. The number of amides is 1. The van der Waals surface area contributed by atoms with Crippen LogP contribution in [-0.2, 0) is 4.79 Å². The summed E-state index contributed by atoms with van der Waals surface area (Å²) in [7, 11) is 0. The lowest BCUT2D eigenvalue weighted by molar-refractivity contribution is -0.120. The molecule has 0 saturated heterocycles. The van der Waals surface area contributed by atoms with Crippen LogP contribution in [0, 0.1) is 0 Å². The van der Waals surface area contributed by atoms with Gasteiger partial charge in [-0.05, 0) is 30.5 Å². The zero-order valence-corrected chi connectivity index (χ0v) is 10.7. The van der Waals surface area contributed by atoms with E-state index in [4.69, 9.17) is 15.2 Å². The summed E-state index contributed by atoms with van der Waals surface area (Å²) in [6.07, 6.45) is 3.08. The second-order valence-corrected chi connectivity index (χ2v) is 5.03. The molecule has 19 heavy (non-hydrogen) atoms.